The maximum Gasteiger partial charge on any atom is 0.254 e. The third-order valence-electron chi connectivity index (χ3n) is 8.38. The molecule has 5 aliphatic rings. The number of nitrogens with one attached hydrogen (secondary N) is 1. The standard InChI is InChI=1S/C25H30N4O3/c1-23-10-16-11-24(2,13-23)15-25(12-16,14-23)26-8-5-9-28-19-20(29(32)27-28)22(31)18-7-4-3-6-17(18)21(19)30/h3-4,6-7,16,26H,5,8-15H2,1-2H3. The summed E-state index contributed by atoms with van der Waals surface area (Å²) < 4.78 is 1.43. The maximum absolute atomic E-state index is 13.0. The van der Waals surface area contributed by atoms with Gasteiger partial charge in [0.15, 0.2) is 0 Å². The average molecular weight is 435 g/mol. The van der Waals surface area contributed by atoms with E-state index in [-0.39, 0.29) is 28.3 Å². The fourth-order valence-corrected chi connectivity index (χ4v) is 8.34. The summed E-state index contributed by atoms with van der Waals surface area (Å²) in [5.41, 5.74) is 1.73. The first kappa shape index (κ1) is 20.1. The first-order valence-corrected chi connectivity index (χ1v) is 11.8. The predicted octanol–water partition coefficient (Wildman–Crippen LogP) is 3.02. The summed E-state index contributed by atoms with van der Waals surface area (Å²) in [5, 5.41) is 20.2. The molecular weight excluding hydrogens is 404 g/mol. The van der Waals surface area contributed by atoms with Crippen molar-refractivity contribution < 1.29 is 14.4 Å². The summed E-state index contributed by atoms with van der Waals surface area (Å²) in [6, 6.07) is 6.66. The van der Waals surface area contributed by atoms with Crippen molar-refractivity contribution in [1.82, 2.24) is 15.2 Å². The lowest BCUT2D eigenvalue weighted by Gasteiger charge is -2.65. The Bertz CT molecular complexity index is 1130. The van der Waals surface area contributed by atoms with E-state index < -0.39 is 5.78 Å². The second-order valence-corrected chi connectivity index (χ2v) is 11.6. The second-order valence-electron chi connectivity index (χ2n) is 11.6. The van der Waals surface area contributed by atoms with Crippen LogP contribution < -0.4 is 10.2 Å². The highest BCUT2D eigenvalue weighted by Crippen LogP contribution is 2.66. The average Bonchev–Trinajstić information content (AvgIpc) is 3.03. The molecule has 5 aliphatic carbocycles. The van der Waals surface area contributed by atoms with Gasteiger partial charge in [-0.1, -0.05) is 38.1 Å². The van der Waals surface area contributed by atoms with Gasteiger partial charge in [0, 0.05) is 16.7 Å². The molecule has 2 atom stereocenters. The molecule has 1 aromatic heterocycles. The molecule has 7 rings (SSSR count). The number of aryl methyl sites for hydroxylation is 1. The minimum atomic E-state index is -0.426. The number of rotatable bonds is 5. The van der Waals surface area contributed by atoms with Crippen LogP contribution in [0.2, 0.25) is 0 Å². The van der Waals surface area contributed by atoms with E-state index in [9.17, 15) is 14.8 Å². The summed E-state index contributed by atoms with van der Waals surface area (Å²) in [6.07, 6.45) is 8.58. The number of carbonyl (C=O) groups excluding carboxylic acids is 2. The zero-order chi connectivity index (χ0) is 22.3. The topological polar surface area (TPSA) is 90.9 Å². The number of nitrogens with zero attached hydrogens (tertiary/aromatic N) is 3. The van der Waals surface area contributed by atoms with E-state index in [2.05, 4.69) is 24.4 Å². The fourth-order valence-electron chi connectivity index (χ4n) is 8.34. The van der Waals surface area contributed by atoms with E-state index in [1.54, 1.807) is 24.3 Å². The Morgan fingerprint density at radius 3 is 2.38 bits per heavy atom. The van der Waals surface area contributed by atoms with Crippen LogP contribution in [0.4, 0.5) is 0 Å². The Morgan fingerprint density at radius 2 is 1.72 bits per heavy atom. The molecule has 4 bridgehead atoms. The van der Waals surface area contributed by atoms with Gasteiger partial charge in [-0.05, 0) is 68.2 Å². The molecule has 2 unspecified atom stereocenters. The van der Waals surface area contributed by atoms with Gasteiger partial charge in [-0.15, -0.1) is 9.53 Å². The van der Waals surface area contributed by atoms with Gasteiger partial charge < -0.3 is 10.5 Å². The molecule has 0 aliphatic heterocycles. The van der Waals surface area contributed by atoms with Gasteiger partial charge in [-0.3, -0.25) is 9.59 Å². The summed E-state index contributed by atoms with van der Waals surface area (Å²) in [4.78, 5) is 26.2. The lowest BCUT2D eigenvalue weighted by molar-refractivity contribution is -0.672. The molecule has 1 heterocycles. The molecule has 0 radical (unpaired) electrons. The van der Waals surface area contributed by atoms with Crippen LogP contribution in [0.3, 0.4) is 0 Å². The summed E-state index contributed by atoms with van der Waals surface area (Å²) in [5.74, 6) is 0.104. The zero-order valence-corrected chi connectivity index (χ0v) is 18.8. The van der Waals surface area contributed by atoms with Gasteiger partial charge in [0.1, 0.15) is 6.54 Å². The van der Waals surface area contributed by atoms with Crippen LogP contribution in [0.15, 0.2) is 24.3 Å². The number of fused-ring (bicyclic) bond motifs is 2. The molecule has 168 valence electrons. The molecule has 0 amide bonds. The molecule has 4 fully saturated rings. The van der Waals surface area contributed by atoms with Crippen molar-refractivity contribution >= 4 is 11.6 Å². The van der Waals surface area contributed by atoms with Crippen LogP contribution >= 0.6 is 0 Å². The van der Waals surface area contributed by atoms with Gasteiger partial charge in [-0.25, -0.2) is 0 Å². The molecule has 0 saturated heterocycles. The second kappa shape index (κ2) is 6.50. The van der Waals surface area contributed by atoms with Crippen molar-refractivity contribution in [2.24, 2.45) is 16.7 Å². The van der Waals surface area contributed by atoms with Crippen molar-refractivity contribution in [3.05, 3.63) is 52.0 Å². The number of hydrogen-bond acceptors (Lipinski definition) is 5. The van der Waals surface area contributed by atoms with E-state index in [0.29, 0.717) is 27.8 Å². The normalized spacial score (nSPS) is 34.6. The summed E-state index contributed by atoms with van der Waals surface area (Å²) in [6.45, 7) is 6.18. The Labute approximate surface area is 187 Å². The molecule has 1 N–H and O–H groups in total. The van der Waals surface area contributed by atoms with E-state index >= 15 is 0 Å². The van der Waals surface area contributed by atoms with Crippen LogP contribution in [0.25, 0.3) is 0 Å². The van der Waals surface area contributed by atoms with Crippen LogP contribution in [0.1, 0.15) is 90.9 Å². The van der Waals surface area contributed by atoms with Crippen molar-refractivity contribution in [3.63, 3.8) is 0 Å². The lowest BCUT2D eigenvalue weighted by atomic mass is 9.43. The van der Waals surface area contributed by atoms with Gasteiger partial charge in [0.05, 0.1) is 5.21 Å². The quantitative estimate of drug-likeness (QED) is 0.379. The highest BCUT2D eigenvalue weighted by Gasteiger charge is 2.59. The van der Waals surface area contributed by atoms with Crippen LogP contribution in [-0.2, 0) is 6.54 Å². The minimum absolute atomic E-state index is 0.124. The van der Waals surface area contributed by atoms with E-state index in [1.165, 1.54) is 43.2 Å². The van der Waals surface area contributed by atoms with Crippen molar-refractivity contribution in [2.75, 3.05) is 6.54 Å². The number of aromatic nitrogens is 3. The minimum Gasteiger partial charge on any atom is -0.691 e. The SMILES string of the molecule is CC12CC3CC(C)(C1)CC(NCCCn1n[n+]([O-])c4c1C(=O)c1ccccc1C4=O)(C3)C2. The molecule has 7 nitrogen and oxygen atoms in total. The molecule has 0 spiro atoms. The first-order valence-electron chi connectivity index (χ1n) is 11.8. The molecule has 32 heavy (non-hydrogen) atoms. The summed E-state index contributed by atoms with van der Waals surface area (Å²) in [7, 11) is 0. The number of ketones is 2. The smallest absolute Gasteiger partial charge is 0.254 e. The van der Waals surface area contributed by atoms with Crippen LogP contribution in [0, 0.1) is 22.0 Å². The molecule has 2 aromatic rings. The molecular formula is C25H30N4O3. The van der Waals surface area contributed by atoms with Crippen LogP contribution in [-0.4, -0.2) is 33.5 Å². The number of benzene rings is 1. The maximum atomic E-state index is 13.0. The highest BCUT2D eigenvalue weighted by atomic mass is 16.5. The largest absolute Gasteiger partial charge is 0.691 e. The first-order chi connectivity index (χ1) is 15.2. The van der Waals surface area contributed by atoms with Gasteiger partial charge in [0.2, 0.25) is 11.6 Å². The molecule has 4 saturated carbocycles. The monoisotopic (exact) mass is 434 g/mol. The third-order valence-corrected chi connectivity index (χ3v) is 8.38. The van der Waals surface area contributed by atoms with Gasteiger partial charge in [-0.2, -0.15) is 0 Å². The number of hydrogen-bond donors (Lipinski definition) is 1. The van der Waals surface area contributed by atoms with Crippen molar-refractivity contribution in [1.29, 1.82) is 0 Å². The third kappa shape index (κ3) is 2.90. The van der Waals surface area contributed by atoms with Crippen molar-refractivity contribution in [3.8, 4) is 0 Å². The Morgan fingerprint density at radius 1 is 1.06 bits per heavy atom. The Balaban J connectivity index is 1.18. The molecule has 1 aromatic carbocycles. The van der Waals surface area contributed by atoms with Crippen LogP contribution in [0.5, 0.6) is 0 Å². The number of carbonyl (C=O) groups is 2. The van der Waals surface area contributed by atoms with E-state index in [1.807, 2.05) is 0 Å². The van der Waals surface area contributed by atoms with E-state index in [4.69, 9.17) is 0 Å². The van der Waals surface area contributed by atoms with E-state index in [0.717, 1.165) is 18.9 Å². The highest BCUT2D eigenvalue weighted by molar-refractivity contribution is 6.26. The summed E-state index contributed by atoms with van der Waals surface area (Å²) >= 11 is 0. The fraction of sp³-hybridized carbons (Fsp3) is 0.600. The molecule has 7 heteroatoms. The predicted molar refractivity (Wildman–Crippen MR) is 117 cm³/mol. The zero-order valence-electron chi connectivity index (χ0n) is 18.8. The Hall–Kier alpha value is -2.54. The Kier molecular flexibility index (Phi) is 4.08. The van der Waals surface area contributed by atoms with Gasteiger partial charge >= 0.3 is 0 Å². The van der Waals surface area contributed by atoms with Gasteiger partial charge in [0.25, 0.3) is 11.4 Å². The lowest BCUT2D eigenvalue weighted by Crippen LogP contribution is -2.64. The van der Waals surface area contributed by atoms with Crippen molar-refractivity contribution in [2.45, 2.75) is 70.9 Å².